The highest BCUT2D eigenvalue weighted by molar-refractivity contribution is 6.31. The second-order valence-corrected chi connectivity index (χ2v) is 3.72. The van der Waals surface area contributed by atoms with Crippen LogP contribution in [0.5, 0.6) is 0 Å². The molecule has 0 saturated carbocycles. The molecule has 2 heterocycles. The van der Waals surface area contributed by atoms with E-state index in [0.717, 1.165) is 11.4 Å². The predicted octanol–water partition coefficient (Wildman–Crippen LogP) is 1.87. The molecular weight excluding hydrogens is 212 g/mol. The number of aromatic nitrogens is 3. The molecule has 2 aromatic heterocycles. The highest BCUT2D eigenvalue weighted by Crippen LogP contribution is 2.13. The van der Waals surface area contributed by atoms with Crippen molar-refractivity contribution in [2.24, 2.45) is 0 Å². The molecular formula is C10H11ClN4. The topological polar surface area (TPSA) is 56.7 Å². The second-order valence-electron chi connectivity index (χ2n) is 3.31. The van der Waals surface area contributed by atoms with E-state index in [9.17, 15) is 0 Å². The molecule has 15 heavy (non-hydrogen) atoms. The number of halogens is 1. The minimum Gasteiger partial charge on any atom is -0.384 e. The Kier molecular flexibility index (Phi) is 2.60. The molecule has 0 spiro atoms. The van der Waals surface area contributed by atoms with Crippen molar-refractivity contribution in [3.8, 4) is 0 Å². The summed E-state index contributed by atoms with van der Waals surface area (Å²) in [5.74, 6) is 0.516. The highest BCUT2D eigenvalue weighted by Gasteiger charge is 2.03. The molecule has 0 aromatic carbocycles. The Hall–Kier alpha value is -1.55. The summed E-state index contributed by atoms with van der Waals surface area (Å²) in [5, 5.41) is 4.90. The molecule has 0 unspecified atom stereocenters. The van der Waals surface area contributed by atoms with Gasteiger partial charge in [-0.3, -0.25) is 4.68 Å². The van der Waals surface area contributed by atoms with Crippen LogP contribution in [0.3, 0.4) is 0 Å². The van der Waals surface area contributed by atoms with Crippen LogP contribution in [0.2, 0.25) is 5.02 Å². The lowest BCUT2D eigenvalue weighted by atomic mass is 10.3. The van der Waals surface area contributed by atoms with Crippen molar-refractivity contribution in [1.82, 2.24) is 14.8 Å². The van der Waals surface area contributed by atoms with Gasteiger partial charge < -0.3 is 5.73 Å². The molecule has 0 bridgehead atoms. The number of hydrogen-bond donors (Lipinski definition) is 1. The summed E-state index contributed by atoms with van der Waals surface area (Å²) in [4.78, 5) is 4.18. The molecule has 2 rings (SSSR count). The van der Waals surface area contributed by atoms with Crippen molar-refractivity contribution in [3.05, 3.63) is 40.8 Å². The first-order valence-electron chi connectivity index (χ1n) is 4.56. The van der Waals surface area contributed by atoms with E-state index in [1.807, 2.05) is 19.1 Å². The molecule has 78 valence electrons. The maximum absolute atomic E-state index is 5.90. The van der Waals surface area contributed by atoms with E-state index in [-0.39, 0.29) is 0 Å². The monoisotopic (exact) mass is 222 g/mol. The molecule has 5 heteroatoms. The normalized spacial score (nSPS) is 10.5. The first-order chi connectivity index (χ1) is 7.15. The Balaban J connectivity index is 2.22. The van der Waals surface area contributed by atoms with E-state index in [2.05, 4.69) is 10.1 Å². The summed E-state index contributed by atoms with van der Waals surface area (Å²) in [5.41, 5.74) is 7.27. The number of aryl methyl sites for hydroxylation is 1. The Morgan fingerprint density at radius 3 is 2.87 bits per heavy atom. The van der Waals surface area contributed by atoms with Crippen LogP contribution >= 0.6 is 11.6 Å². The van der Waals surface area contributed by atoms with Crippen LogP contribution < -0.4 is 5.73 Å². The van der Waals surface area contributed by atoms with Gasteiger partial charge in [-0.25, -0.2) is 4.98 Å². The zero-order chi connectivity index (χ0) is 10.8. The lowest BCUT2D eigenvalue weighted by Crippen LogP contribution is -2.03. The molecule has 4 nitrogen and oxygen atoms in total. The van der Waals surface area contributed by atoms with Crippen molar-refractivity contribution < 1.29 is 0 Å². The number of anilines is 1. The van der Waals surface area contributed by atoms with Crippen molar-refractivity contribution in [2.75, 3.05) is 5.73 Å². The maximum atomic E-state index is 5.90. The van der Waals surface area contributed by atoms with E-state index in [1.165, 1.54) is 0 Å². The second kappa shape index (κ2) is 3.90. The number of nitrogens with two attached hydrogens (primary N) is 1. The van der Waals surface area contributed by atoms with Crippen LogP contribution in [0.4, 0.5) is 5.82 Å². The molecule has 0 aliphatic heterocycles. The zero-order valence-electron chi connectivity index (χ0n) is 8.31. The van der Waals surface area contributed by atoms with E-state index in [0.29, 0.717) is 17.4 Å². The summed E-state index contributed by atoms with van der Waals surface area (Å²) in [6, 6.07) is 5.53. The van der Waals surface area contributed by atoms with E-state index in [1.54, 1.807) is 16.9 Å². The molecule has 0 atom stereocenters. The Morgan fingerprint density at radius 1 is 1.47 bits per heavy atom. The lowest BCUT2D eigenvalue weighted by molar-refractivity contribution is 0.667. The summed E-state index contributed by atoms with van der Waals surface area (Å²) in [6.07, 6.45) is 1.78. The first-order valence-corrected chi connectivity index (χ1v) is 4.94. The molecule has 2 aromatic rings. The van der Waals surface area contributed by atoms with E-state index in [4.69, 9.17) is 17.3 Å². The van der Waals surface area contributed by atoms with E-state index >= 15 is 0 Å². The Morgan fingerprint density at radius 2 is 2.27 bits per heavy atom. The number of nitrogen functional groups attached to an aromatic ring is 1. The lowest BCUT2D eigenvalue weighted by Gasteiger charge is -2.01. The van der Waals surface area contributed by atoms with Crippen LogP contribution in [-0.4, -0.2) is 14.8 Å². The fraction of sp³-hybridized carbons (Fsp3) is 0.200. The SMILES string of the molecule is Cc1nn(Cc2cccc(N)n2)cc1Cl. The van der Waals surface area contributed by atoms with Gasteiger partial charge in [-0.15, -0.1) is 0 Å². The number of nitrogens with zero attached hydrogens (tertiary/aromatic N) is 3. The minimum absolute atomic E-state index is 0.516. The van der Waals surface area contributed by atoms with Gasteiger partial charge in [0.2, 0.25) is 0 Å². The van der Waals surface area contributed by atoms with Gasteiger partial charge in [0.1, 0.15) is 5.82 Å². The maximum Gasteiger partial charge on any atom is 0.123 e. The van der Waals surface area contributed by atoms with Gasteiger partial charge in [0, 0.05) is 6.20 Å². The van der Waals surface area contributed by atoms with Crippen LogP contribution in [0, 0.1) is 6.92 Å². The predicted molar refractivity (Wildman–Crippen MR) is 59.7 cm³/mol. The molecule has 0 fully saturated rings. The third kappa shape index (κ3) is 2.27. The van der Waals surface area contributed by atoms with Crippen molar-refractivity contribution >= 4 is 17.4 Å². The molecule has 0 aliphatic rings. The molecule has 0 aliphatic carbocycles. The van der Waals surface area contributed by atoms with Crippen LogP contribution in [0.1, 0.15) is 11.4 Å². The summed E-state index contributed by atoms with van der Waals surface area (Å²) in [6.45, 7) is 2.45. The van der Waals surface area contributed by atoms with Crippen molar-refractivity contribution in [3.63, 3.8) is 0 Å². The summed E-state index contributed by atoms with van der Waals surface area (Å²) >= 11 is 5.90. The fourth-order valence-electron chi connectivity index (χ4n) is 1.33. The standard InChI is InChI=1S/C10H11ClN4/c1-7-9(11)6-15(14-7)5-8-3-2-4-10(12)13-8/h2-4,6H,5H2,1H3,(H2,12,13). The third-order valence-corrected chi connectivity index (χ3v) is 2.41. The largest absolute Gasteiger partial charge is 0.384 e. The van der Waals surface area contributed by atoms with Gasteiger partial charge in [-0.1, -0.05) is 17.7 Å². The van der Waals surface area contributed by atoms with Crippen LogP contribution in [0.25, 0.3) is 0 Å². The first kappa shape index (κ1) is 9.98. The molecule has 0 saturated heterocycles. The smallest absolute Gasteiger partial charge is 0.123 e. The summed E-state index contributed by atoms with van der Waals surface area (Å²) in [7, 11) is 0. The van der Waals surface area contributed by atoms with Gasteiger partial charge in [-0.05, 0) is 19.1 Å². The molecule has 0 radical (unpaired) electrons. The fourth-order valence-corrected chi connectivity index (χ4v) is 1.48. The van der Waals surface area contributed by atoms with Gasteiger partial charge in [0.05, 0.1) is 23.0 Å². The van der Waals surface area contributed by atoms with E-state index < -0.39 is 0 Å². The molecule has 0 amide bonds. The summed E-state index contributed by atoms with van der Waals surface area (Å²) < 4.78 is 1.75. The number of pyridine rings is 1. The zero-order valence-corrected chi connectivity index (χ0v) is 9.07. The molecule has 2 N–H and O–H groups in total. The average Bonchev–Trinajstić information content (AvgIpc) is 2.45. The van der Waals surface area contributed by atoms with Gasteiger partial charge >= 0.3 is 0 Å². The Labute approximate surface area is 92.7 Å². The van der Waals surface area contributed by atoms with Crippen molar-refractivity contribution in [1.29, 1.82) is 0 Å². The van der Waals surface area contributed by atoms with Gasteiger partial charge in [-0.2, -0.15) is 5.10 Å². The van der Waals surface area contributed by atoms with Crippen molar-refractivity contribution in [2.45, 2.75) is 13.5 Å². The third-order valence-electron chi connectivity index (χ3n) is 2.04. The quantitative estimate of drug-likeness (QED) is 0.844. The van der Waals surface area contributed by atoms with Crippen LogP contribution in [-0.2, 0) is 6.54 Å². The average molecular weight is 223 g/mol. The van der Waals surface area contributed by atoms with Gasteiger partial charge in [0.25, 0.3) is 0 Å². The van der Waals surface area contributed by atoms with Crippen LogP contribution in [0.15, 0.2) is 24.4 Å². The Bertz CT molecular complexity index is 459. The number of rotatable bonds is 2. The highest BCUT2D eigenvalue weighted by atomic mass is 35.5. The number of hydrogen-bond acceptors (Lipinski definition) is 3. The van der Waals surface area contributed by atoms with Gasteiger partial charge in [0.15, 0.2) is 0 Å². The minimum atomic E-state index is 0.516.